The van der Waals surface area contributed by atoms with E-state index >= 15 is 0 Å². The molecule has 2 aromatic heterocycles. The van der Waals surface area contributed by atoms with Gasteiger partial charge in [0.2, 0.25) is 0 Å². The van der Waals surface area contributed by atoms with Gasteiger partial charge < -0.3 is 14.6 Å². The number of nitrogens with one attached hydrogen (secondary N) is 1. The predicted molar refractivity (Wildman–Crippen MR) is 108 cm³/mol. The van der Waals surface area contributed by atoms with Gasteiger partial charge >= 0.3 is 0 Å². The average Bonchev–Trinajstić information content (AvgIpc) is 3.52. The maximum absolute atomic E-state index is 14.4. The van der Waals surface area contributed by atoms with Crippen LogP contribution in [0.4, 0.5) is 4.39 Å². The van der Waals surface area contributed by atoms with Crippen LogP contribution in [0.3, 0.4) is 0 Å². The number of halogens is 1. The van der Waals surface area contributed by atoms with Crippen LogP contribution in [-0.4, -0.2) is 32.3 Å². The van der Waals surface area contributed by atoms with Crippen LogP contribution in [0.1, 0.15) is 53.5 Å². The van der Waals surface area contributed by atoms with Crippen molar-refractivity contribution in [1.82, 2.24) is 19.8 Å². The van der Waals surface area contributed by atoms with E-state index in [0.717, 1.165) is 37.2 Å². The number of hydrogen-bond acceptors (Lipinski definition) is 6. The third-order valence-electron chi connectivity index (χ3n) is 5.21. The zero-order valence-corrected chi connectivity index (χ0v) is 17.0. The van der Waals surface area contributed by atoms with E-state index < -0.39 is 17.8 Å². The summed E-state index contributed by atoms with van der Waals surface area (Å²) >= 11 is 1.03. The van der Waals surface area contributed by atoms with E-state index in [1.54, 1.807) is 30.3 Å². The minimum atomic E-state index is -1.06. The SMILES string of the molecule is O=C(NC1CCCC1)C(c1ccco1)N(Cc1ccccc1F)C(=O)c1csnn1. The fourth-order valence-electron chi connectivity index (χ4n) is 3.72. The Morgan fingerprint density at radius 2 is 2.03 bits per heavy atom. The molecule has 0 aliphatic heterocycles. The van der Waals surface area contributed by atoms with E-state index in [0.29, 0.717) is 11.3 Å². The zero-order chi connectivity index (χ0) is 20.9. The first-order chi connectivity index (χ1) is 14.6. The summed E-state index contributed by atoms with van der Waals surface area (Å²) in [6.45, 7) is -0.119. The first kappa shape index (κ1) is 20.2. The third-order valence-corrected chi connectivity index (χ3v) is 5.72. The molecule has 9 heteroatoms. The van der Waals surface area contributed by atoms with Crippen LogP contribution in [0.2, 0.25) is 0 Å². The number of carbonyl (C=O) groups excluding carboxylic acids is 2. The molecule has 1 saturated carbocycles. The molecule has 0 bridgehead atoms. The molecule has 0 radical (unpaired) electrons. The molecule has 1 fully saturated rings. The molecule has 30 heavy (non-hydrogen) atoms. The van der Waals surface area contributed by atoms with Crippen molar-refractivity contribution in [3.05, 3.63) is 70.9 Å². The first-order valence-corrected chi connectivity index (χ1v) is 10.6. The molecule has 1 aliphatic carbocycles. The van der Waals surface area contributed by atoms with Crippen LogP contribution in [0, 0.1) is 5.82 Å². The van der Waals surface area contributed by atoms with Crippen molar-refractivity contribution in [2.45, 2.75) is 44.3 Å². The molecule has 156 valence electrons. The van der Waals surface area contributed by atoms with Crippen molar-refractivity contribution in [3.63, 3.8) is 0 Å². The van der Waals surface area contributed by atoms with E-state index in [-0.39, 0.29) is 24.2 Å². The normalized spacial score (nSPS) is 15.1. The molecule has 1 unspecified atom stereocenters. The summed E-state index contributed by atoms with van der Waals surface area (Å²) in [5, 5.41) is 8.38. The predicted octanol–water partition coefficient (Wildman–Crippen LogP) is 3.71. The number of benzene rings is 1. The lowest BCUT2D eigenvalue weighted by atomic mass is 10.1. The Morgan fingerprint density at radius 3 is 2.70 bits per heavy atom. The topological polar surface area (TPSA) is 88.3 Å². The number of rotatable bonds is 7. The van der Waals surface area contributed by atoms with Crippen molar-refractivity contribution < 1.29 is 18.4 Å². The van der Waals surface area contributed by atoms with E-state index in [4.69, 9.17) is 4.42 Å². The Kier molecular flexibility index (Phi) is 6.18. The van der Waals surface area contributed by atoms with Gasteiger partial charge in [-0.25, -0.2) is 4.39 Å². The number of furan rings is 1. The summed E-state index contributed by atoms with van der Waals surface area (Å²) in [7, 11) is 0. The van der Waals surface area contributed by atoms with E-state index in [2.05, 4.69) is 14.9 Å². The highest BCUT2D eigenvalue weighted by molar-refractivity contribution is 7.03. The molecule has 0 saturated heterocycles. The Balaban J connectivity index is 1.71. The van der Waals surface area contributed by atoms with Crippen molar-refractivity contribution in [3.8, 4) is 0 Å². The van der Waals surface area contributed by atoms with Crippen LogP contribution in [0.5, 0.6) is 0 Å². The number of carbonyl (C=O) groups is 2. The quantitative estimate of drug-likeness (QED) is 0.620. The summed E-state index contributed by atoms with van der Waals surface area (Å²) in [5.74, 6) is -1.03. The lowest BCUT2D eigenvalue weighted by Gasteiger charge is -2.30. The summed E-state index contributed by atoms with van der Waals surface area (Å²) in [6, 6.07) is 8.46. The molecule has 2 amide bonds. The Hall–Kier alpha value is -3.07. The fourth-order valence-corrected chi connectivity index (χ4v) is 4.15. The highest BCUT2D eigenvalue weighted by atomic mass is 32.1. The number of amides is 2. The lowest BCUT2D eigenvalue weighted by molar-refractivity contribution is -0.127. The van der Waals surface area contributed by atoms with Crippen molar-refractivity contribution in [2.75, 3.05) is 0 Å². The number of nitrogens with zero attached hydrogens (tertiary/aromatic N) is 3. The third kappa shape index (κ3) is 4.40. The van der Waals surface area contributed by atoms with Gasteiger partial charge in [0.05, 0.1) is 12.8 Å². The zero-order valence-electron chi connectivity index (χ0n) is 16.2. The molecule has 1 atom stereocenters. The summed E-state index contributed by atoms with van der Waals surface area (Å²) in [4.78, 5) is 27.9. The minimum absolute atomic E-state index is 0.0568. The fraction of sp³-hybridized carbons (Fsp3) is 0.333. The molecule has 1 N–H and O–H groups in total. The molecule has 7 nitrogen and oxygen atoms in total. The smallest absolute Gasteiger partial charge is 0.276 e. The van der Waals surface area contributed by atoms with Crippen molar-refractivity contribution >= 4 is 23.3 Å². The summed E-state index contributed by atoms with van der Waals surface area (Å²) < 4.78 is 23.7. The Bertz CT molecular complexity index is 988. The van der Waals surface area contributed by atoms with Crippen LogP contribution < -0.4 is 5.32 Å². The molecule has 1 aliphatic rings. The maximum Gasteiger partial charge on any atom is 0.276 e. The van der Waals surface area contributed by atoms with Gasteiger partial charge in [-0.05, 0) is 42.6 Å². The second-order valence-electron chi connectivity index (χ2n) is 7.22. The van der Waals surface area contributed by atoms with Gasteiger partial charge in [-0.3, -0.25) is 9.59 Å². The van der Waals surface area contributed by atoms with Gasteiger partial charge in [-0.1, -0.05) is 35.5 Å². The van der Waals surface area contributed by atoms with Gasteiger partial charge in [0.25, 0.3) is 11.8 Å². The molecule has 4 rings (SSSR count). The second-order valence-corrected chi connectivity index (χ2v) is 7.83. The van der Waals surface area contributed by atoms with Gasteiger partial charge in [0, 0.05) is 17.0 Å². The molecule has 3 aromatic rings. The number of hydrogen-bond donors (Lipinski definition) is 1. The second kappa shape index (κ2) is 9.17. The van der Waals surface area contributed by atoms with Crippen LogP contribution in [-0.2, 0) is 11.3 Å². The van der Waals surface area contributed by atoms with Crippen molar-refractivity contribution in [2.24, 2.45) is 0 Å². The molecule has 1 aromatic carbocycles. The van der Waals surface area contributed by atoms with E-state index in [9.17, 15) is 14.0 Å². The molecular weight excluding hydrogens is 407 g/mol. The van der Waals surface area contributed by atoms with E-state index in [1.165, 1.54) is 22.6 Å². The highest BCUT2D eigenvalue weighted by Gasteiger charge is 2.36. The van der Waals surface area contributed by atoms with Crippen LogP contribution >= 0.6 is 11.5 Å². The van der Waals surface area contributed by atoms with Gasteiger partial charge in [-0.15, -0.1) is 5.10 Å². The monoisotopic (exact) mass is 428 g/mol. The van der Waals surface area contributed by atoms with E-state index in [1.807, 2.05) is 0 Å². The Labute approximate surface area is 177 Å². The highest BCUT2D eigenvalue weighted by Crippen LogP contribution is 2.28. The largest absolute Gasteiger partial charge is 0.467 e. The molecular formula is C21H21FN4O3S. The lowest BCUT2D eigenvalue weighted by Crippen LogP contribution is -2.46. The minimum Gasteiger partial charge on any atom is -0.467 e. The molecule has 2 heterocycles. The summed E-state index contributed by atoms with van der Waals surface area (Å²) in [5.41, 5.74) is 0.390. The maximum atomic E-state index is 14.4. The van der Waals surface area contributed by atoms with Crippen LogP contribution in [0.15, 0.2) is 52.5 Å². The standard InChI is InChI=1S/C21H21FN4O3S/c22-16-9-4-1-6-14(16)12-26(21(28)17-13-30-25-24-17)19(18-10-5-11-29-18)20(27)23-15-7-2-3-8-15/h1,4-6,9-11,13,15,19H,2-3,7-8,12H2,(H,23,27). The van der Waals surface area contributed by atoms with Gasteiger partial charge in [-0.2, -0.15) is 0 Å². The van der Waals surface area contributed by atoms with Crippen molar-refractivity contribution in [1.29, 1.82) is 0 Å². The molecule has 0 spiro atoms. The van der Waals surface area contributed by atoms with Crippen LogP contribution in [0.25, 0.3) is 0 Å². The van der Waals surface area contributed by atoms with Gasteiger partial charge in [0.15, 0.2) is 11.7 Å². The Morgan fingerprint density at radius 1 is 1.23 bits per heavy atom. The van der Waals surface area contributed by atoms with Gasteiger partial charge in [0.1, 0.15) is 11.6 Å². The average molecular weight is 428 g/mol. The first-order valence-electron chi connectivity index (χ1n) is 9.78. The number of aromatic nitrogens is 2. The summed E-state index contributed by atoms with van der Waals surface area (Å²) in [6.07, 6.45) is 5.35.